The van der Waals surface area contributed by atoms with Gasteiger partial charge in [-0.3, -0.25) is 0 Å². The molecule has 0 atom stereocenters. The van der Waals surface area contributed by atoms with Crippen LogP contribution in [0.3, 0.4) is 0 Å². The van der Waals surface area contributed by atoms with Crippen LogP contribution in [0.1, 0.15) is 5.56 Å². The van der Waals surface area contributed by atoms with Crippen LogP contribution in [-0.2, 0) is 0 Å². The summed E-state index contributed by atoms with van der Waals surface area (Å²) in [5, 5.41) is 3.81. The van der Waals surface area contributed by atoms with Crippen molar-refractivity contribution in [1.29, 1.82) is 0 Å². The van der Waals surface area contributed by atoms with E-state index in [-0.39, 0.29) is 0 Å². The van der Waals surface area contributed by atoms with Gasteiger partial charge in [0, 0.05) is 7.05 Å². The second kappa shape index (κ2) is 3.46. The lowest BCUT2D eigenvalue weighted by Gasteiger charge is -2.08. The van der Waals surface area contributed by atoms with Crippen LogP contribution in [0.25, 0.3) is 0 Å². The standard InChI is InChI=1S/C8H9BrClN/c1-5-3-4-6(10)7(9)8(5)11-2/h3-4,11H,1-2H3. The summed E-state index contributed by atoms with van der Waals surface area (Å²) >= 11 is 9.27. The molecular weight excluding hydrogens is 225 g/mol. The van der Waals surface area contributed by atoms with E-state index >= 15 is 0 Å². The van der Waals surface area contributed by atoms with Crippen LogP contribution in [0.5, 0.6) is 0 Å². The largest absolute Gasteiger partial charge is 0.387 e. The second-order valence-electron chi connectivity index (χ2n) is 2.30. The smallest absolute Gasteiger partial charge is 0.0595 e. The van der Waals surface area contributed by atoms with Gasteiger partial charge in [0.15, 0.2) is 0 Å². The summed E-state index contributed by atoms with van der Waals surface area (Å²) in [6, 6.07) is 3.86. The maximum absolute atomic E-state index is 5.88. The SMILES string of the molecule is CNc1c(C)ccc(Cl)c1Br. The average molecular weight is 235 g/mol. The lowest BCUT2D eigenvalue weighted by molar-refractivity contribution is 1.39. The minimum atomic E-state index is 0.736. The molecule has 0 saturated heterocycles. The molecule has 0 aliphatic carbocycles. The van der Waals surface area contributed by atoms with Crippen molar-refractivity contribution in [2.24, 2.45) is 0 Å². The molecule has 0 spiro atoms. The molecule has 0 unspecified atom stereocenters. The van der Waals surface area contributed by atoms with Gasteiger partial charge < -0.3 is 5.32 Å². The van der Waals surface area contributed by atoms with Crippen LogP contribution in [0.4, 0.5) is 5.69 Å². The highest BCUT2D eigenvalue weighted by molar-refractivity contribution is 9.10. The lowest BCUT2D eigenvalue weighted by Crippen LogP contribution is -1.92. The highest BCUT2D eigenvalue weighted by Gasteiger charge is 2.04. The number of halogens is 2. The maximum atomic E-state index is 5.88. The molecule has 0 heterocycles. The topological polar surface area (TPSA) is 12.0 Å². The van der Waals surface area contributed by atoms with Crippen LogP contribution >= 0.6 is 27.5 Å². The number of hydrogen-bond acceptors (Lipinski definition) is 1. The Kier molecular flexibility index (Phi) is 2.79. The van der Waals surface area contributed by atoms with Gasteiger partial charge in [-0.2, -0.15) is 0 Å². The Morgan fingerprint density at radius 3 is 2.55 bits per heavy atom. The van der Waals surface area contributed by atoms with E-state index < -0.39 is 0 Å². The first-order valence-corrected chi connectivity index (χ1v) is 4.46. The quantitative estimate of drug-likeness (QED) is 0.785. The summed E-state index contributed by atoms with van der Waals surface area (Å²) in [5.41, 5.74) is 2.24. The fraction of sp³-hybridized carbons (Fsp3) is 0.250. The number of hydrogen-bond donors (Lipinski definition) is 1. The van der Waals surface area contributed by atoms with Crippen LogP contribution in [0.2, 0.25) is 5.02 Å². The van der Waals surface area contributed by atoms with E-state index in [1.165, 1.54) is 5.56 Å². The van der Waals surface area contributed by atoms with Crippen LogP contribution < -0.4 is 5.32 Å². The Balaban J connectivity index is 3.29. The first-order chi connectivity index (χ1) is 5.16. The number of benzene rings is 1. The van der Waals surface area contributed by atoms with Crippen molar-refractivity contribution >= 4 is 33.2 Å². The first-order valence-electron chi connectivity index (χ1n) is 3.29. The predicted molar refractivity (Wildman–Crippen MR) is 53.4 cm³/mol. The number of nitrogens with one attached hydrogen (secondary N) is 1. The molecule has 0 bridgehead atoms. The monoisotopic (exact) mass is 233 g/mol. The molecule has 0 saturated carbocycles. The molecule has 1 aromatic carbocycles. The first kappa shape index (κ1) is 8.88. The second-order valence-corrected chi connectivity index (χ2v) is 3.50. The fourth-order valence-corrected chi connectivity index (χ4v) is 1.75. The third-order valence-electron chi connectivity index (χ3n) is 1.55. The fourth-order valence-electron chi connectivity index (χ4n) is 0.954. The van der Waals surface area contributed by atoms with Gasteiger partial charge in [-0.05, 0) is 34.5 Å². The molecule has 1 rings (SSSR count). The van der Waals surface area contributed by atoms with Crippen LogP contribution in [0.15, 0.2) is 16.6 Å². The van der Waals surface area contributed by atoms with Gasteiger partial charge in [-0.25, -0.2) is 0 Å². The molecule has 0 aromatic heterocycles. The van der Waals surface area contributed by atoms with Gasteiger partial charge in [0.2, 0.25) is 0 Å². The van der Waals surface area contributed by atoms with Crippen molar-refractivity contribution in [2.75, 3.05) is 12.4 Å². The minimum Gasteiger partial charge on any atom is -0.387 e. The van der Waals surface area contributed by atoms with Gasteiger partial charge in [0.25, 0.3) is 0 Å². The number of anilines is 1. The molecule has 0 radical (unpaired) electrons. The Hall–Kier alpha value is -0.210. The zero-order chi connectivity index (χ0) is 8.43. The van der Waals surface area contributed by atoms with E-state index in [2.05, 4.69) is 21.2 Å². The Morgan fingerprint density at radius 2 is 2.09 bits per heavy atom. The summed E-state index contributed by atoms with van der Waals surface area (Å²) < 4.78 is 0.932. The van der Waals surface area contributed by atoms with Crippen molar-refractivity contribution in [3.8, 4) is 0 Å². The van der Waals surface area contributed by atoms with E-state index in [4.69, 9.17) is 11.6 Å². The summed E-state index contributed by atoms with van der Waals surface area (Å²) in [6.07, 6.45) is 0. The van der Waals surface area contributed by atoms with Gasteiger partial charge in [0.1, 0.15) is 0 Å². The summed E-state index contributed by atoms with van der Waals surface area (Å²) in [5.74, 6) is 0. The normalized spacial score (nSPS) is 9.82. The molecule has 0 aliphatic heterocycles. The molecule has 1 aromatic rings. The molecule has 0 amide bonds. The molecule has 0 fully saturated rings. The zero-order valence-corrected chi connectivity index (χ0v) is 8.75. The molecule has 11 heavy (non-hydrogen) atoms. The van der Waals surface area contributed by atoms with Crippen molar-refractivity contribution < 1.29 is 0 Å². The van der Waals surface area contributed by atoms with E-state index in [0.29, 0.717) is 0 Å². The van der Waals surface area contributed by atoms with E-state index in [9.17, 15) is 0 Å². The van der Waals surface area contributed by atoms with Crippen molar-refractivity contribution in [3.05, 3.63) is 27.2 Å². The zero-order valence-electron chi connectivity index (χ0n) is 6.41. The number of aryl methyl sites for hydroxylation is 1. The molecule has 1 N–H and O–H groups in total. The Morgan fingerprint density at radius 1 is 1.45 bits per heavy atom. The van der Waals surface area contributed by atoms with Crippen LogP contribution in [-0.4, -0.2) is 7.05 Å². The summed E-state index contributed by atoms with van der Waals surface area (Å²) in [7, 11) is 1.88. The summed E-state index contributed by atoms with van der Waals surface area (Å²) in [6.45, 7) is 2.03. The Bertz CT molecular complexity index is 273. The lowest BCUT2D eigenvalue weighted by atomic mass is 10.2. The van der Waals surface area contributed by atoms with Crippen LogP contribution in [0, 0.1) is 6.92 Å². The van der Waals surface area contributed by atoms with Gasteiger partial charge in [-0.1, -0.05) is 17.7 Å². The van der Waals surface area contributed by atoms with Crippen molar-refractivity contribution in [2.45, 2.75) is 6.92 Å². The third kappa shape index (κ3) is 1.68. The van der Waals surface area contributed by atoms with Gasteiger partial charge >= 0.3 is 0 Å². The predicted octanol–water partition coefficient (Wildman–Crippen LogP) is 3.45. The van der Waals surface area contributed by atoms with E-state index in [1.54, 1.807) is 0 Å². The summed E-state index contributed by atoms with van der Waals surface area (Å²) in [4.78, 5) is 0. The molecular formula is C8H9BrClN. The minimum absolute atomic E-state index is 0.736. The molecule has 60 valence electrons. The molecule has 0 aliphatic rings. The molecule has 1 nitrogen and oxygen atoms in total. The number of rotatable bonds is 1. The maximum Gasteiger partial charge on any atom is 0.0595 e. The van der Waals surface area contributed by atoms with Gasteiger partial charge in [-0.15, -0.1) is 0 Å². The van der Waals surface area contributed by atoms with Gasteiger partial charge in [0.05, 0.1) is 15.2 Å². The van der Waals surface area contributed by atoms with Crippen molar-refractivity contribution in [1.82, 2.24) is 0 Å². The van der Waals surface area contributed by atoms with Crippen molar-refractivity contribution in [3.63, 3.8) is 0 Å². The third-order valence-corrected chi connectivity index (χ3v) is 2.92. The highest BCUT2D eigenvalue weighted by atomic mass is 79.9. The van der Waals surface area contributed by atoms with E-state index in [1.807, 2.05) is 26.1 Å². The average Bonchev–Trinajstić information content (AvgIpc) is 1.99. The van der Waals surface area contributed by atoms with E-state index in [0.717, 1.165) is 15.2 Å². The molecule has 3 heteroatoms. The Labute approximate surface area is 79.9 Å². The highest BCUT2D eigenvalue weighted by Crippen LogP contribution is 2.32.